The van der Waals surface area contributed by atoms with Crippen LogP contribution >= 0.6 is 0 Å². The average molecular weight is 293 g/mol. The van der Waals surface area contributed by atoms with Gasteiger partial charge in [0.1, 0.15) is 11.5 Å². The van der Waals surface area contributed by atoms with E-state index in [1.165, 1.54) is 6.42 Å². The van der Waals surface area contributed by atoms with Crippen LogP contribution in [0.2, 0.25) is 0 Å². The summed E-state index contributed by atoms with van der Waals surface area (Å²) in [5, 5.41) is 3.50. The van der Waals surface area contributed by atoms with E-state index in [1.54, 1.807) is 7.11 Å². The smallest absolute Gasteiger partial charge is 0.124 e. The van der Waals surface area contributed by atoms with Gasteiger partial charge in [0.15, 0.2) is 0 Å². The van der Waals surface area contributed by atoms with E-state index in [0.29, 0.717) is 0 Å². The first-order chi connectivity index (χ1) is 9.81. The SMILES string of the molecule is COc1ccc(OCCCC(C)C)c(CNC(C)(C)C)c1. The molecule has 0 aliphatic rings. The summed E-state index contributed by atoms with van der Waals surface area (Å²) >= 11 is 0. The molecular weight excluding hydrogens is 262 g/mol. The maximum absolute atomic E-state index is 5.96. The topological polar surface area (TPSA) is 30.5 Å². The number of hydrogen-bond donors (Lipinski definition) is 1. The molecule has 1 aromatic carbocycles. The third kappa shape index (κ3) is 7.37. The molecule has 21 heavy (non-hydrogen) atoms. The highest BCUT2D eigenvalue weighted by Crippen LogP contribution is 2.25. The number of methoxy groups -OCH3 is 1. The fourth-order valence-electron chi connectivity index (χ4n) is 2.00. The Bertz CT molecular complexity index is 422. The summed E-state index contributed by atoms with van der Waals surface area (Å²) in [6.07, 6.45) is 2.29. The lowest BCUT2D eigenvalue weighted by molar-refractivity contribution is 0.292. The van der Waals surface area contributed by atoms with E-state index in [-0.39, 0.29) is 5.54 Å². The van der Waals surface area contributed by atoms with Crippen molar-refractivity contribution < 1.29 is 9.47 Å². The van der Waals surface area contributed by atoms with Gasteiger partial charge >= 0.3 is 0 Å². The summed E-state index contributed by atoms with van der Waals surface area (Å²) in [6, 6.07) is 6.02. The molecule has 0 unspecified atom stereocenters. The molecule has 0 amide bonds. The average Bonchev–Trinajstić information content (AvgIpc) is 2.40. The van der Waals surface area contributed by atoms with Crippen molar-refractivity contribution in [2.24, 2.45) is 5.92 Å². The maximum atomic E-state index is 5.96. The number of benzene rings is 1. The minimum atomic E-state index is 0.0813. The van der Waals surface area contributed by atoms with Gasteiger partial charge in [-0.25, -0.2) is 0 Å². The molecule has 1 N–H and O–H groups in total. The van der Waals surface area contributed by atoms with E-state index >= 15 is 0 Å². The van der Waals surface area contributed by atoms with Gasteiger partial charge in [0.25, 0.3) is 0 Å². The Morgan fingerprint density at radius 1 is 1.19 bits per heavy atom. The van der Waals surface area contributed by atoms with Gasteiger partial charge in [-0.2, -0.15) is 0 Å². The van der Waals surface area contributed by atoms with Crippen molar-refractivity contribution >= 4 is 0 Å². The molecule has 0 radical (unpaired) electrons. The third-order valence-corrected chi connectivity index (χ3v) is 3.26. The van der Waals surface area contributed by atoms with Crippen LogP contribution in [-0.4, -0.2) is 19.3 Å². The van der Waals surface area contributed by atoms with E-state index in [2.05, 4.69) is 46.0 Å². The molecule has 0 heterocycles. The molecule has 0 aliphatic heterocycles. The monoisotopic (exact) mass is 293 g/mol. The van der Waals surface area contributed by atoms with E-state index < -0.39 is 0 Å². The van der Waals surface area contributed by atoms with Crippen LogP contribution in [0.4, 0.5) is 0 Å². The highest BCUT2D eigenvalue weighted by Gasteiger charge is 2.12. The normalized spacial score (nSPS) is 11.8. The van der Waals surface area contributed by atoms with Gasteiger partial charge < -0.3 is 14.8 Å². The van der Waals surface area contributed by atoms with Crippen molar-refractivity contribution in [1.29, 1.82) is 0 Å². The Labute approximate surface area is 130 Å². The number of ether oxygens (including phenoxy) is 2. The lowest BCUT2D eigenvalue weighted by Crippen LogP contribution is -2.35. The zero-order valence-electron chi connectivity index (χ0n) is 14.5. The zero-order valence-corrected chi connectivity index (χ0v) is 14.5. The zero-order chi connectivity index (χ0) is 15.9. The fraction of sp³-hybridized carbons (Fsp3) is 0.667. The second-order valence-corrected chi connectivity index (χ2v) is 6.96. The van der Waals surface area contributed by atoms with Crippen molar-refractivity contribution in [3.05, 3.63) is 23.8 Å². The van der Waals surface area contributed by atoms with Crippen molar-refractivity contribution in [2.45, 2.75) is 59.5 Å². The molecule has 0 atom stereocenters. The highest BCUT2D eigenvalue weighted by molar-refractivity contribution is 5.40. The summed E-state index contributed by atoms with van der Waals surface area (Å²) in [4.78, 5) is 0. The summed E-state index contributed by atoms with van der Waals surface area (Å²) in [6.45, 7) is 12.5. The van der Waals surface area contributed by atoms with Gasteiger partial charge in [-0.3, -0.25) is 0 Å². The predicted octanol–water partition coefficient (Wildman–Crippen LogP) is 4.40. The molecule has 1 aromatic rings. The minimum Gasteiger partial charge on any atom is -0.497 e. The van der Waals surface area contributed by atoms with Gasteiger partial charge in [-0.15, -0.1) is 0 Å². The Morgan fingerprint density at radius 2 is 1.90 bits per heavy atom. The largest absolute Gasteiger partial charge is 0.497 e. The lowest BCUT2D eigenvalue weighted by atomic mass is 10.1. The second-order valence-electron chi connectivity index (χ2n) is 6.96. The number of nitrogens with one attached hydrogen (secondary N) is 1. The molecule has 120 valence electrons. The van der Waals surface area contributed by atoms with E-state index in [1.807, 2.05) is 12.1 Å². The molecule has 0 spiro atoms. The molecule has 0 saturated carbocycles. The fourth-order valence-corrected chi connectivity index (χ4v) is 2.00. The first-order valence-corrected chi connectivity index (χ1v) is 7.86. The molecule has 0 aliphatic carbocycles. The number of rotatable bonds is 8. The van der Waals surface area contributed by atoms with E-state index in [9.17, 15) is 0 Å². The minimum absolute atomic E-state index is 0.0813. The first kappa shape index (κ1) is 17.8. The Hall–Kier alpha value is -1.22. The maximum Gasteiger partial charge on any atom is 0.124 e. The lowest BCUT2D eigenvalue weighted by Gasteiger charge is -2.22. The van der Waals surface area contributed by atoms with Crippen LogP contribution in [0.15, 0.2) is 18.2 Å². The molecular formula is C18H31NO2. The van der Waals surface area contributed by atoms with Gasteiger partial charge in [0.2, 0.25) is 0 Å². The van der Waals surface area contributed by atoms with Crippen molar-refractivity contribution in [3.8, 4) is 11.5 Å². The van der Waals surface area contributed by atoms with Gasteiger partial charge in [-0.05, 0) is 57.7 Å². The summed E-state index contributed by atoms with van der Waals surface area (Å²) < 4.78 is 11.3. The Balaban J connectivity index is 2.67. The van der Waals surface area contributed by atoms with E-state index in [4.69, 9.17) is 9.47 Å². The molecule has 3 nitrogen and oxygen atoms in total. The Kier molecular flexibility index (Phi) is 7.03. The van der Waals surface area contributed by atoms with Gasteiger partial charge in [-0.1, -0.05) is 13.8 Å². The molecule has 3 heteroatoms. The Morgan fingerprint density at radius 3 is 2.48 bits per heavy atom. The quantitative estimate of drug-likeness (QED) is 0.721. The molecule has 0 bridgehead atoms. The van der Waals surface area contributed by atoms with Gasteiger partial charge in [0.05, 0.1) is 13.7 Å². The molecule has 0 aromatic heterocycles. The molecule has 1 rings (SSSR count). The summed E-state index contributed by atoms with van der Waals surface area (Å²) in [5.74, 6) is 2.55. The van der Waals surface area contributed by atoms with Gasteiger partial charge in [0, 0.05) is 17.6 Å². The van der Waals surface area contributed by atoms with E-state index in [0.717, 1.165) is 42.6 Å². The van der Waals surface area contributed by atoms with Crippen LogP contribution in [0.5, 0.6) is 11.5 Å². The van der Waals surface area contributed by atoms with Crippen LogP contribution < -0.4 is 14.8 Å². The van der Waals surface area contributed by atoms with Crippen LogP contribution in [0.3, 0.4) is 0 Å². The van der Waals surface area contributed by atoms with Crippen LogP contribution in [-0.2, 0) is 6.54 Å². The molecule has 0 fully saturated rings. The number of hydrogen-bond acceptors (Lipinski definition) is 3. The summed E-state index contributed by atoms with van der Waals surface area (Å²) in [5.41, 5.74) is 1.23. The highest BCUT2D eigenvalue weighted by atomic mass is 16.5. The van der Waals surface area contributed by atoms with Crippen LogP contribution in [0.25, 0.3) is 0 Å². The van der Waals surface area contributed by atoms with Crippen molar-refractivity contribution in [3.63, 3.8) is 0 Å². The van der Waals surface area contributed by atoms with Crippen LogP contribution in [0, 0.1) is 5.92 Å². The first-order valence-electron chi connectivity index (χ1n) is 7.86. The summed E-state index contributed by atoms with van der Waals surface area (Å²) in [7, 11) is 1.69. The second kappa shape index (κ2) is 8.28. The van der Waals surface area contributed by atoms with Crippen LogP contribution in [0.1, 0.15) is 53.0 Å². The predicted molar refractivity (Wildman–Crippen MR) is 89.2 cm³/mol. The van der Waals surface area contributed by atoms with Crippen molar-refractivity contribution in [2.75, 3.05) is 13.7 Å². The standard InChI is InChI=1S/C18H31NO2/c1-14(2)8-7-11-21-17-10-9-16(20-6)12-15(17)13-19-18(3,4)5/h9-10,12,14,19H,7-8,11,13H2,1-6H3. The third-order valence-electron chi connectivity index (χ3n) is 3.26. The molecule has 0 saturated heterocycles. The van der Waals surface area contributed by atoms with Crippen molar-refractivity contribution in [1.82, 2.24) is 5.32 Å².